The minimum absolute atomic E-state index is 0.363. The van der Waals surface area contributed by atoms with Gasteiger partial charge in [0.1, 0.15) is 0 Å². The summed E-state index contributed by atoms with van der Waals surface area (Å²) in [5.41, 5.74) is 28.0. The summed E-state index contributed by atoms with van der Waals surface area (Å²) in [5.74, 6) is 0. The monoisotopic (exact) mass is 1130 g/mol. The van der Waals surface area contributed by atoms with Crippen LogP contribution in [0.4, 0.5) is 0 Å². The van der Waals surface area contributed by atoms with Crippen molar-refractivity contribution >= 4 is 43.6 Å². The highest BCUT2D eigenvalue weighted by molar-refractivity contribution is 6.21. The van der Waals surface area contributed by atoms with Crippen molar-refractivity contribution in [1.29, 1.82) is 0 Å². The Morgan fingerprint density at radius 1 is 0.191 bits per heavy atom. The van der Waals surface area contributed by atoms with Crippen LogP contribution in [0.2, 0.25) is 0 Å². The molecule has 0 fully saturated rings. The van der Waals surface area contributed by atoms with E-state index in [0.717, 1.165) is 11.4 Å². The zero-order valence-electron chi connectivity index (χ0n) is 49.7. The van der Waals surface area contributed by atoms with Crippen LogP contribution < -0.4 is 0 Å². The molecule has 0 amide bonds. The molecule has 0 unspecified atom stereocenters. The zero-order chi connectivity index (χ0) is 59.4. The van der Waals surface area contributed by atoms with Crippen LogP contribution in [0.3, 0.4) is 0 Å². The minimum atomic E-state index is -0.363. The maximum Gasteiger partial charge on any atom is 0.0620 e. The Morgan fingerprint density at radius 2 is 0.382 bits per heavy atom. The minimum Gasteiger partial charge on any atom is -0.308 e. The summed E-state index contributed by atoms with van der Waals surface area (Å²) in [6, 6.07) is 125. The fraction of sp³-hybridized carbons (Fsp3) is 0.0345. The first kappa shape index (κ1) is 53.2. The number of aromatic nitrogens is 2. The van der Waals surface area contributed by atoms with Gasteiger partial charge in [-0.3, -0.25) is 0 Å². The largest absolute Gasteiger partial charge is 0.308 e. The Labute approximate surface area is 520 Å². The highest BCUT2D eigenvalue weighted by Gasteiger charge is 2.28. The third kappa shape index (κ3) is 9.45. The van der Waals surface area contributed by atoms with Crippen molar-refractivity contribution in [2.45, 2.75) is 19.3 Å². The second-order valence-electron chi connectivity index (χ2n) is 24.0. The van der Waals surface area contributed by atoms with E-state index in [9.17, 15) is 0 Å². The van der Waals surface area contributed by atoms with Crippen molar-refractivity contribution in [2.75, 3.05) is 0 Å². The van der Waals surface area contributed by atoms with Gasteiger partial charge in [0.25, 0.3) is 0 Å². The number of nitrogens with zero attached hydrogens (tertiary/aromatic N) is 2. The van der Waals surface area contributed by atoms with E-state index in [1.165, 1.54) is 144 Å². The van der Waals surface area contributed by atoms with Crippen LogP contribution in [0.5, 0.6) is 0 Å². The Kier molecular flexibility index (Phi) is 13.3. The molecule has 0 aliphatic heterocycles. The van der Waals surface area contributed by atoms with E-state index in [1.54, 1.807) is 0 Å². The van der Waals surface area contributed by atoms with Crippen LogP contribution in [0.25, 0.3) is 144 Å². The van der Waals surface area contributed by atoms with E-state index in [2.05, 4.69) is 363 Å². The van der Waals surface area contributed by atoms with Gasteiger partial charge in [0, 0.05) is 60.6 Å². The molecule has 0 aliphatic rings. The molecule has 0 spiro atoms. The Balaban J connectivity index is 0.881. The van der Waals surface area contributed by atoms with E-state index in [4.69, 9.17) is 0 Å². The summed E-state index contributed by atoms with van der Waals surface area (Å²) in [6.07, 6.45) is 0. The molecule has 16 aromatic rings. The van der Waals surface area contributed by atoms with Crippen LogP contribution in [-0.4, -0.2) is 9.13 Å². The lowest BCUT2D eigenvalue weighted by Crippen LogP contribution is -2.19. The van der Waals surface area contributed by atoms with Crippen molar-refractivity contribution in [3.05, 3.63) is 351 Å². The molecular formula is C87H62N2. The average molecular weight is 1140 g/mol. The highest BCUT2D eigenvalue weighted by atomic mass is 15.0. The van der Waals surface area contributed by atoms with E-state index < -0.39 is 0 Å². The molecule has 2 aromatic heterocycles. The first-order chi connectivity index (χ1) is 43.9. The summed E-state index contributed by atoms with van der Waals surface area (Å²) < 4.78 is 5.10. The number of hydrogen-bond acceptors (Lipinski definition) is 0. The number of benzene rings is 14. The summed E-state index contributed by atoms with van der Waals surface area (Å²) in [6.45, 7) is 4.73. The molecule has 2 heteroatoms. The predicted octanol–water partition coefficient (Wildman–Crippen LogP) is 23.5. The topological polar surface area (TPSA) is 9.86 Å². The summed E-state index contributed by atoms with van der Waals surface area (Å²) in [4.78, 5) is 0. The van der Waals surface area contributed by atoms with Crippen molar-refractivity contribution in [3.8, 4) is 100 Å². The van der Waals surface area contributed by atoms with Crippen LogP contribution >= 0.6 is 0 Å². The molecule has 16 rings (SSSR count). The van der Waals surface area contributed by atoms with E-state index in [-0.39, 0.29) is 5.41 Å². The van der Waals surface area contributed by atoms with Gasteiger partial charge in [0.15, 0.2) is 0 Å². The first-order valence-electron chi connectivity index (χ1n) is 30.9. The lowest BCUT2D eigenvalue weighted by molar-refractivity contribution is 0.640. The van der Waals surface area contributed by atoms with Crippen molar-refractivity contribution in [2.24, 2.45) is 0 Å². The highest BCUT2D eigenvalue weighted by Crippen LogP contribution is 2.49. The standard InChI is InChI=1S/C87H62N2/c1-87(2,71-43-47-73(48-44-71)88-83-75(63-35-19-7-20-36-63)51-67(59-27-11-3-12-28-59)55-79(83)80-56-68(60-29-13-4-14-30-60)52-76(84(80)88)64-37-21-8-22-38-64)72-45-49-74(50-46-72)89-85-77(65-39-23-9-24-40-65)53-69(61-31-15-5-16-32-61)57-81(85)82-58-70(62-33-17-6-18-34-62)54-78(86(82)89)66-41-25-10-26-42-66/h3-58H,1-2H3. The molecule has 2 heterocycles. The molecule has 420 valence electrons. The first-order valence-corrected chi connectivity index (χ1v) is 30.9. The normalized spacial score (nSPS) is 11.7. The van der Waals surface area contributed by atoms with Gasteiger partial charge >= 0.3 is 0 Å². The second kappa shape index (κ2) is 22.2. The van der Waals surface area contributed by atoms with Gasteiger partial charge < -0.3 is 9.13 Å². The van der Waals surface area contributed by atoms with E-state index in [1.807, 2.05) is 0 Å². The molecule has 0 saturated carbocycles. The Morgan fingerprint density at radius 3 is 0.584 bits per heavy atom. The molecular weight excluding hydrogens is 1070 g/mol. The van der Waals surface area contributed by atoms with Gasteiger partial charge in [-0.1, -0.05) is 281 Å². The van der Waals surface area contributed by atoms with Gasteiger partial charge in [0.05, 0.1) is 22.1 Å². The summed E-state index contributed by atoms with van der Waals surface area (Å²) in [5, 5.41) is 4.84. The Bertz CT molecular complexity index is 4610. The van der Waals surface area contributed by atoms with Crippen LogP contribution in [-0.2, 0) is 5.41 Å². The zero-order valence-corrected chi connectivity index (χ0v) is 49.7. The van der Waals surface area contributed by atoms with Crippen LogP contribution in [0.15, 0.2) is 340 Å². The molecule has 0 bridgehead atoms. The quantitative estimate of drug-likeness (QED) is 0.115. The van der Waals surface area contributed by atoms with Gasteiger partial charge in [-0.05, 0) is 151 Å². The van der Waals surface area contributed by atoms with E-state index in [0.29, 0.717) is 0 Å². The fourth-order valence-corrected chi connectivity index (χ4v) is 13.8. The third-order valence-corrected chi connectivity index (χ3v) is 18.4. The molecule has 89 heavy (non-hydrogen) atoms. The Hall–Kier alpha value is -11.3. The predicted molar refractivity (Wildman–Crippen MR) is 377 cm³/mol. The molecule has 0 atom stereocenters. The number of rotatable bonds is 12. The maximum atomic E-state index is 2.55. The molecule has 0 aliphatic carbocycles. The van der Waals surface area contributed by atoms with Crippen LogP contribution in [0.1, 0.15) is 25.0 Å². The molecule has 0 N–H and O–H groups in total. The fourth-order valence-electron chi connectivity index (χ4n) is 13.8. The van der Waals surface area contributed by atoms with Crippen LogP contribution in [0, 0.1) is 0 Å². The number of hydrogen-bond donors (Lipinski definition) is 0. The lowest BCUT2D eigenvalue weighted by atomic mass is 9.78. The van der Waals surface area contributed by atoms with Gasteiger partial charge in [-0.2, -0.15) is 0 Å². The van der Waals surface area contributed by atoms with Gasteiger partial charge in [0.2, 0.25) is 0 Å². The smallest absolute Gasteiger partial charge is 0.0620 e. The molecule has 2 nitrogen and oxygen atoms in total. The van der Waals surface area contributed by atoms with Crippen molar-refractivity contribution in [3.63, 3.8) is 0 Å². The molecule has 0 radical (unpaired) electrons. The van der Waals surface area contributed by atoms with E-state index >= 15 is 0 Å². The average Bonchev–Trinajstić information content (AvgIpc) is 1.72. The summed E-state index contributed by atoms with van der Waals surface area (Å²) >= 11 is 0. The third-order valence-electron chi connectivity index (χ3n) is 18.4. The van der Waals surface area contributed by atoms with Gasteiger partial charge in [-0.25, -0.2) is 0 Å². The SMILES string of the molecule is CC(C)(c1ccc(-n2c3c(-c4ccccc4)cc(-c4ccccc4)cc3c3cc(-c4ccccc4)cc(-c4ccccc4)c32)cc1)c1ccc(-n2c3c(-c4ccccc4)cc(-c4ccccc4)cc3c3cc(-c4ccccc4)cc(-c4ccccc4)c32)cc1. The van der Waals surface area contributed by atoms with Crippen molar-refractivity contribution in [1.82, 2.24) is 9.13 Å². The molecule has 0 saturated heterocycles. The lowest BCUT2D eigenvalue weighted by Gasteiger charge is -2.27. The molecule has 14 aromatic carbocycles. The van der Waals surface area contributed by atoms with Gasteiger partial charge in [-0.15, -0.1) is 0 Å². The second-order valence-corrected chi connectivity index (χ2v) is 24.0. The maximum absolute atomic E-state index is 2.55. The number of fused-ring (bicyclic) bond motifs is 6. The summed E-state index contributed by atoms with van der Waals surface area (Å²) in [7, 11) is 0. The van der Waals surface area contributed by atoms with Crippen molar-refractivity contribution < 1.29 is 0 Å².